The van der Waals surface area contributed by atoms with Gasteiger partial charge in [0.2, 0.25) is 0 Å². The molecule has 0 heterocycles. The maximum Gasteiger partial charge on any atom is 0.0741 e. The predicted molar refractivity (Wildman–Crippen MR) is 55.0 cm³/mol. The van der Waals surface area contributed by atoms with Gasteiger partial charge in [-0.2, -0.15) is 0 Å². The molecule has 0 bridgehead atoms. The van der Waals surface area contributed by atoms with Gasteiger partial charge in [-0.1, -0.05) is 19.8 Å². The molecule has 0 spiro atoms. The van der Waals surface area contributed by atoms with Crippen LogP contribution < -0.4 is 5.32 Å². The topological polar surface area (TPSA) is 12.0 Å². The summed E-state index contributed by atoms with van der Waals surface area (Å²) in [5, 5.41) is 3.33. The van der Waals surface area contributed by atoms with E-state index in [1.165, 1.54) is 12.8 Å². The van der Waals surface area contributed by atoms with Crippen molar-refractivity contribution in [2.24, 2.45) is 5.92 Å². The van der Waals surface area contributed by atoms with Crippen LogP contribution in [0.4, 0.5) is 0 Å². The molecule has 0 unspecified atom stereocenters. The Morgan fingerprint density at radius 3 is 2.42 bits per heavy atom. The Hall–Kier alpha value is -0.480. The first-order valence-corrected chi connectivity index (χ1v) is 4.71. The van der Waals surface area contributed by atoms with Crippen molar-refractivity contribution in [3.8, 4) is 12.3 Å². The van der Waals surface area contributed by atoms with Crippen LogP contribution in [0.15, 0.2) is 0 Å². The Morgan fingerprint density at radius 2 is 2.00 bits per heavy atom. The number of hydrogen-bond donors (Lipinski definition) is 1. The first-order chi connectivity index (χ1) is 5.48. The minimum absolute atomic E-state index is 0.142. The van der Waals surface area contributed by atoms with E-state index in [-0.39, 0.29) is 5.54 Å². The standard InChI is InChI=1S/C11H21N/c1-6-11(4,5)12-9-7-8-10(2)3/h1,10,12H,7-9H2,2-5H3. The van der Waals surface area contributed by atoms with Crippen LogP contribution >= 0.6 is 0 Å². The van der Waals surface area contributed by atoms with Crippen molar-refractivity contribution >= 4 is 0 Å². The van der Waals surface area contributed by atoms with Crippen molar-refractivity contribution in [2.75, 3.05) is 6.54 Å². The monoisotopic (exact) mass is 167 g/mol. The maximum absolute atomic E-state index is 5.34. The van der Waals surface area contributed by atoms with E-state index in [1.54, 1.807) is 0 Å². The normalized spacial score (nSPS) is 11.7. The smallest absolute Gasteiger partial charge is 0.0741 e. The molecule has 0 saturated carbocycles. The third-order valence-corrected chi connectivity index (χ3v) is 1.89. The Kier molecular flexibility index (Phi) is 5.01. The minimum atomic E-state index is -0.142. The van der Waals surface area contributed by atoms with E-state index < -0.39 is 0 Å². The summed E-state index contributed by atoms with van der Waals surface area (Å²) in [4.78, 5) is 0. The molecule has 1 nitrogen and oxygen atoms in total. The van der Waals surface area contributed by atoms with Crippen molar-refractivity contribution < 1.29 is 0 Å². The zero-order valence-electron chi connectivity index (χ0n) is 8.78. The highest BCUT2D eigenvalue weighted by atomic mass is 14.9. The molecule has 0 aliphatic carbocycles. The van der Waals surface area contributed by atoms with Gasteiger partial charge in [0.1, 0.15) is 0 Å². The Bertz CT molecular complexity index is 151. The number of nitrogens with one attached hydrogen (secondary N) is 1. The summed E-state index contributed by atoms with van der Waals surface area (Å²) < 4.78 is 0. The fourth-order valence-corrected chi connectivity index (χ4v) is 0.962. The first kappa shape index (κ1) is 11.5. The molecule has 1 heteroatoms. The zero-order valence-corrected chi connectivity index (χ0v) is 8.78. The summed E-state index contributed by atoms with van der Waals surface area (Å²) >= 11 is 0. The lowest BCUT2D eigenvalue weighted by molar-refractivity contribution is 0.455. The van der Waals surface area contributed by atoms with Crippen molar-refractivity contribution in [2.45, 2.75) is 46.1 Å². The molecule has 0 aromatic heterocycles. The zero-order chi connectivity index (χ0) is 9.61. The molecule has 0 amide bonds. The van der Waals surface area contributed by atoms with Crippen LogP contribution in [0.25, 0.3) is 0 Å². The predicted octanol–water partition coefficient (Wildman–Crippen LogP) is 2.42. The van der Waals surface area contributed by atoms with Crippen molar-refractivity contribution in [1.82, 2.24) is 5.32 Å². The molecule has 0 saturated heterocycles. The largest absolute Gasteiger partial charge is 0.302 e. The van der Waals surface area contributed by atoms with Gasteiger partial charge in [-0.25, -0.2) is 0 Å². The molecule has 0 atom stereocenters. The van der Waals surface area contributed by atoms with Gasteiger partial charge >= 0.3 is 0 Å². The van der Waals surface area contributed by atoms with Gasteiger partial charge in [0, 0.05) is 0 Å². The average molecular weight is 167 g/mol. The molecule has 0 aliphatic heterocycles. The Labute approximate surface area is 76.9 Å². The van der Waals surface area contributed by atoms with Gasteiger partial charge in [-0.3, -0.25) is 0 Å². The summed E-state index contributed by atoms with van der Waals surface area (Å²) in [6.07, 6.45) is 7.82. The summed E-state index contributed by atoms with van der Waals surface area (Å²) in [5.41, 5.74) is -0.142. The van der Waals surface area contributed by atoms with E-state index in [2.05, 4.69) is 25.1 Å². The fraction of sp³-hybridized carbons (Fsp3) is 0.818. The second-order valence-corrected chi connectivity index (χ2v) is 4.23. The lowest BCUT2D eigenvalue weighted by atomic mass is 10.1. The van der Waals surface area contributed by atoms with E-state index in [1.807, 2.05) is 13.8 Å². The van der Waals surface area contributed by atoms with Crippen molar-refractivity contribution in [1.29, 1.82) is 0 Å². The second kappa shape index (κ2) is 5.22. The third-order valence-electron chi connectivity index (χ3n) is 1.89. The van der Waals surface area contributed by atoms with Crippen LogP contribution in [-0.2, 0) is 0 Å². The fourth-order valence-electron chi connectivity index (χ4n) is 0.962. The van der Waals surface area contributed by atoms with Crippen LogP contribution in [0.3, 0.4) is 0 Å². The van der Waals surface area contributed by atoms with Crippen molar-refractivity contribution in [3.63, 3.8) is 0 Å². The van der Waals surface area contributed by atoms with Gasteiger partial charge in [-0.05, 0) is 39.2 Å². The molecule has 0 rings (SSSR count). The molecule has 70 valence electrons. The van der Waals surface area contributed by atoms with Crippen LogP contribution in [0.1, 0.15) is 40.5 Å². The summed E-state index contributed by atoms with van der Waals surface area (Å²) in [6.45, 7) is 9.57. The molecule has 1 N–H and O–H groups in total. The van der Waals surface area contributed by atoms with Crippen LogP contribution in [0.5, 0.6) is 0 Å². The van der Waals surface area contributed by atoms with E-state index in [0.29, 0.717) is 0 Å². The van der Waals surface area contributed by atoms with Crippen molar-refractivity contribution in [3.05, 3.63) is 0 Å². The Morgan fingerprint density at radius 1 is 1.42 bits per heavy atom. The number of terminal acetylenes is 1. The summed E-state index contributed by atoms with van der Waals surface area (Å²) in [5.74, 6) is 3.51. The number of rotatable bonds is 5. The molecule has 12 heavy (non-hydrogen) atoms. The molecular formula is C11H21N. The summed E-state index contributed by atoms with van der Waals surface area (Å²) in [7, 11) is 0. The first-order valence-electron chi connectivity index (χ1n) is 4.71. The molecule has 0 aliphatic rings. The quantitative estimate of drug-likeness (QED) is 0.490. The van der Waals surface area contributed by atoms with Gasteiger partial charge < -0.3 is 5.32 Å². The van der Waals surface area contributed by atoms with Gasteiger partial charge in [-0.15, -0.1) is 6.42 Å². The van der Waals surface area contributed by atoms with Crippen LogP contribution in [0, 0.1) is 18.3 Å². The summed E-state index contributed by atoms with van der Waals surface area (Å²) in [6, 6.07) is 0. The maximum atomic E-state index is 5.34. The van der Waals surface area contributed by atoms with Gasteiger partial charge in [0.15, 0.2) is 0 Å². The van der Waals surface area contributed by atoms with Crippen LogP contribution in [-0.4, -0.2) is 12.1 Å². The highest BCUT2D eigenvalue weighted by Gasteiger charge is 2.10. The van der Waals surface area contributed by atoms with E-state index in [9.17, 15) is 0 Å². The van der Waals surface area contributed by atoms with Crippen LogP contribution in [0.2, 0.25) is 0 Å². The molecular weight excluding hydrogens is 146 g/mol. The Balaban J connectivity index is 3.39. The average Bonchev–Trinajstić information content (AvgIpc) is 1.98. The van der Waals surface area contributed by atoms with Gasteiger partial charge in [0.05, 0.1) is 5.54 Å². The van der Waals surface area contributed by atoms with Gasteiger partial charge in [0.25, 0.3) is 0 Å². The van der Waals surface area contributed by atoms with E-state index >= 15 is 0 Å². The molecule has 0 aromatic rings. The highest BCUT2D eigenvalue weighted by Crippen LogP contribution is 2.04. The lowest BCUT2D eigenvalue weighted by Gasteiger charge is -2.19. The molecule has 0 radical (unpaired) electrons. The SMILES string of the molecule is C#CC(C)(C)NCCCC(C)C. The molecule has 0 aromatic carbocycles. The lowest BCUT2D eigenvalue weighted by Crippen LogP contribution is -2.38. The highest BCUT2D eigenvalue weighted by molar-refractivity contribution is 5.07. The minimum Gasteiger partial charge on any atom is -0.302 e. The second-order valence-electron chi connectivity index (χ2n) is 4.23. The third kappa shape index (κ3) is 6.24. The molecule has 0 fully saturated rings. The van der Waals surface area contributed by atoms with E-state index in [0.717, 1.165) is 12.5 Å². The van der Waals surface area contributed by atoms with E-state index in [4.69, 9.17) is 6.42 Å². The number of hydrogen-bond acceptors (Lipinski definition) is 1.